The quantitative estimate of drug-likeness (QED) is 0.419. The fourth-order valence-corrected chi connectivity index (χ4v) is 3.91. The number of morpholine rings is 1. The lowest BCUT2D eigenvalue weighted by atomic mass is 10.1. The van der Waals surface area contributed by atoms with E-state index in [-0.39, 0.29) is 29.1 Å². The van der Waals surface area contributed by atoms with Crippen LogP contribution in [0.3, 0.4) is 0 Å². The second-order valence-corrected chi connectivity index (χ2v) is 9.49. The Bertz CT molecular complexity index is 1320. The number of carbonyl (C=O) groups is 1. The van der Waals surface area contributed by atoms with Gasteiger partial charge in [-0.05, 0) is 35.9 Å². The number of pyridine rings is 1. The molecule has 0 saturated carbocycles. The molecule has 0 radical (unpaired) electrons. The second-order valence-electron chi connectivity index (χ2n) is 7.74. The lowest BCUT2D eigenvalue weighted by molar-refractivity contribution is -0.141. The van der Waals surface area contributed by atoms with Gasteiger partial charge in [0.05, 0.1) is 25.0 Å². The first-order chi connectivity index (χ1) is 16.9. The molecular weight excluding hydrogens is 506 g/mol. The predicted octanol–water partition coefficient (Wildman–Crippen LogP) is 2.65. The molecule has 1 aliphatic heterocycles. The largest absolute Gasteiger partial charge is 0.433 e. The van der Waals surface area contributed by atoms with E-state index in [1.165, 1.54) is 18.2 Å². The molecule has 1 saturated heterocycles. The van der Waals surface area contributed by atoms with Crippen LogP contribution in [0.4, 0.5) is 29.1 Å². The molecule has 1 amide bonds. The number of hydrogen-bond acceptors (Lipinski definition) is 7. The average molecular weight is 528 g/mol. The van der Waals surface area contributed by atoms with Crippen molar-refractivity contribution in [2.45, 2.75) is 12.7 Å². The fraction of sp³-hybridized carbons (Fsp3) is 0.318. The third-order valence-electron chi connectivity index (χ3n) is 4.95. The fourth-order valence-electron chi connectivity index (χ4n) is 3.33. The molecule has 0 atom stereocenters. The predicted molar refractivity (Wildman–Crippen MR) is 123 cm³/mol. The highest BCUT2D eigenvalue weighted by molar-refractivity contribution is 7.92. The average Bonchev–Trinajstić information content (AvgIpc) is 2.82. The SMILES string of the molecule is CS(=O)(=O)Nc1c(F)cc(CNC(=O)/C=C/c2ccc(C(F)(F)F)nc2N2CCOCC2)cc1C#N. The van der Waals surface area contributed by atoms with Crippen molar-refractivity contribution in [1.82, 2.24) is 10.3 Å². The highest BCUT2D eigenvalue weighted by atomic mass is 32.2. The van der Waals surface area contributed by atoms with Gasteiger partial charge in [-0.3, -0.25) is 9.52 Å². The van der Waals surface area contributed by atoms with E-state index in [0.717, 1.165) is 24.5 Å². The Morgan fingerprint density at radius 2 is 1.97 bits per heavy atom. The van der Waals surface area contributed by atoms with Crippen LogP contribution in [0.1, 0.15) is 22.4 Å². The monoisotopic (exact) mass is 527 g/mol. The van der Waals surface area contributed by atoms with Crippen LogP contribution in [-0.2, 0) is 32.3 Å². The molecule has 1 aromatic heterocycles. The third kappa shape index (κ3) is 7.15. The lowest BCUT2D eigenvalue weighted by Crippen LogP contribution is -2.37. The Labute approximate surface area is 204 Å². The third-order valence-corrected chi connectivity index (χ3v) is 5.52. The maximum absolute atomic E-state index is 14.4. The van der Waals surface area contributed by atoms with Crippen molar-refractivity contribution in [2.24, 2.45) is 0 Å². The molecular formula is C22H21F4N5O4S. The second kappa shape index (κ2) is 10.9. The van der Waals surface area contributed by atoms with Gasteiger partial charge in [0, 0.05) is 31.3 Å². The van der Waals surface area contributed by atoms with Crippen molar-refractivity contribution in [3.8, 4) is 6.07 Å². The molecule has 1 aliphatic rings. The molecule has 2 heterocycles. The number of rotatable bonds is 7. The molecule has 192 valence electrons. The smallest absolute Gasteiger partial charge is 0.378 e. The van der Waals surface area contributed by atoms with Crippen molar-refractivity contribution >= 4 is 33.5 Å². The van der Waals surface area contributed by atoms with Crippen LogP contribution in [0.5, 0.6) is 0 Å². The molecule has 2 aromatic rings. The van der Waals surface area contributed by atoms with Crippen LogP contribution < -0.4 is 14.9 Å². The van der Waals surface area contributed by atoms with Gasteiger partial charge < -0.3 is 15.0 Å². The zero-order chi connectivity index (χ0) is 26.5. The van der Waals surface area contributed by atoms with Gasteiger partial charge in [0.1, 0.15) is 29.1 Å². The summed E-state index contributed by atoms with van der Waals surface area (Å²) in [6.45, 7) is 1.11. The van der Waals surface area contributed by atoms with Gasteiger partial charge >= 0.3 is 6.18 Å². The number of halogens is 4. The first kappa shape index (κ1) is 26.9. The number of hydrogen-bond donors (Lipinski definition) is 2. The number of amides is 1. The van der Waals surface area contributed by atoms with Crippen molar-refractivity contribution in [1.29, 1.82) is 5.26 Å². The van der Waals surface area contributed by atoms with E-state index in [2.05, 4.69) is 10.3 Å². The van der Waals surface area contributed by atoms with Crippen LogP contribution >= 0.6 is 0 Å². The van der Waals surface area contributed by atoms with Crippen molar-refractivity contribution in [3.63, 3.8) is 0 Å². The van der Waals surface area contributed by atoms with Crippen molar-refractivity contribution in [2.75, 3.05) is 42.2 Å². The van der Waals surface area contributed by atoms with E-state index < -0.39 is 39.3 Å². The number of sulfonamides is 1. The Kier molecular flexibility index (Phi) is 8.16. The standard InChI is InChI=1S/C22H21F4N5O4S/c1-36(33,34)30-20-16(12-27)10-14(11-17(20)23)13-28-19(32)5-3-15-2-4-18(22(24,25)26)29-21(15)31-6-8-35-9-7-31/h2-5,10-11,30H,6-9,13H2,1H3,(H,28,32)/b5-3+. The zero-order valence-electron chi connectivity index (χ0n) is 18.9. The molecule has 3 rings (SSSR count). The first-order valence-electron chi connectivity index (χ1n) is 10.4. The molecule has 0 spiro atoms. The van der Waals surface area contributed by atoms with Gasteiger partial charge in [0.2, 0.25) is 15.9 Å². The van der Waals surface area contributed by atoms with Crippen molar-refractivity contribution in [3.05, 3.63) is 58.5 Å². The van der Waals surface area contributed by atoms with Crippen LogP contribution in [0.2, 0.25) is 0 Å². The molecule has 0 bridgehead atoms. The summed E-state index contributed by atoms with van der Waals surface area (Å²) in [6.07, 6.45) is -1.42. The minimum absolute atomic E-state index is 0.0619. The van der Waals surface area contributed by atoms with Gasteiger partial charge in [-0.25, -0.2) is 17.8 Å². The van der Waals surface area contributed by atoms with Crippen LogP contribution in [-0.4, -0.2) is 51.9 Å². The summed E-state index contributed by atoms with van der Waals surface area (Å²) in [5, 5.41) is 11.7. The minimum Gasteiger partial charge on any atom is -0.378 e. The zero-order valence-corrected chi connectivity index (χ0v) is 19.7. The van der Waals surface area contributed by atoms with E-state index in [4.69, 9.17) is 4.74 Å². The molecule has 0 unspecified atom stereocenters. The Hall–Kier alpha value is -3.70. The number of nitrogens with zero attached hydrogens (tertiary/aromatic N) is 3. The van der Waals surface area contributed by atoms with Crippen molar-refractivity contribution < 1.29 is 35.5 Å². The van der Waals surface area contributed by atoms with E-state index in [1.54, 1.807) is 11.0 Å². The number of alkyl halides is 3. The van der Waals surface area contributed by atoms with E-state index in [9.17, 15) is 36.0 Å². The van der Waals surface area contributed by atoms with Gasteiger partial charge in [0.25, 0.3) is 0 Å². The van der Waals surface area contributed by atoms with Gasteiger partial charge in [-0.1, -0.05) is 0 Å². The molecule has 9 nitrogen and oxygen atoms in total. The summed E-state index contributed by atoms with van der Waals surface area (Å²) in [5.74, 6) is -1.57. The Morgan fingerprint density at radius 1 is 1.28 bits per heavy atom. The summed E-state index contributed by atoms with van der Waals surface area (Å²) in [7, 11) is -3.83. The molecule has 14 heteroatoms. The molecule has 2 N–H and O–H groups in total. The summed E-state index contributed by atoms with van der Waals surface area (Å²) in [6, 6.07) is 5.91. The van der Waals surface area contributed by atoms with Crippen LogP contribution in [0.25, 0.3) is 6.08 Å². The van der Waals surface area contributed by atoms with Gasteiger partial charge in [0.15, 0.2) is 0 Å². The number of aromatic nitrogens is 1. The summed E-state index contributed by atoms with van der Waals surface area (Å²) in [5.41, 5.74) is -1.36. The maximum atomic E-state index is 14.4. The van der Waals surface area contributed by atoms with E-state index in [1.807, 2.05) is 4.72 Å². The van der Waals surface area contributed by atoms with Crippen LogP contribution in [0, 0.1) is 17.1 Å². The van der Waals surface area contributed by atoms with E-state index in [0.29, 0.717) is 26.3 Å². The molecule has 0 aliphatic carbocycles. The maximum Gasteiger partial charge on any atom is 0.433 e. The normalized spacial score (nSPS) is 14.5. The highest BCUT2D eigenvalue weighted by Gasteiger charge is 2.33. The molecule has 1 fully saturated rings. The number of anilines is 2. The first-order valence-corrected chi connectivity index (χ1v) is 12.3. The Morgan fingerprint density at radius 3 is 2.58 bits per heavy atom. The van der Waals surface area contributed by atoms with Gasteiger partial charge in [-0.15, -0.1) is 0 Å². The number of nitriles is 1. The summed E-state index contributed by atoms with van der Waals surface area (Å²) < 4.78 is 83.8. The Balaban J connectivity index is 1.76. The highest BCUT2D eigenvalue weighted by Crippen LogP contribution is 2.31. The number of carbonyl (C=O) groups excluding carboxylic acids is 1. The number of ether oxygens (including phenoxy) is 1. The number of nitrogens with one attached hydrogen (secondary N) is 2. The van der Waals surface area contributed by atoms with E-state index >= 15 is 0 Å². The molecule has 36 heavy (non-hydrogen) atoms. The number of benzene rings is 1. The van der Waals surface area contributed by atoms with Crippen LogP contribution in [0.15, 0.2) is 30.3 Å². The lowest BCUT2D eigenvalue weighted by Gasteiger charge is -2.29. The molecule has 1 aromatic carbocycles. The summed E-state index contributed by atoms with van der Waals surface area (Å²) >= 11 is 0. The summed E-state index contributed by atoms with van der Waals surface area (Å²) in [4.78, 5) is 17.7. The minimum atomic E-state index is -4.63. The van der Waals surface area contributed by atoms with Gasteiger partial charge in [-0.2, -0.15) is 18.4 Å². The topological polar surface area (TPSA) is 124 Å².